The van der Waals surface area contributed by atoms with Gasteiger partial charge in [0.1, 0.15) is 5.69 Å². The van der Waals surface area contributed by atoms with Crippen molar-refractivity contribution in [2.75, 3.05) is 19.9 Å². The fourth-order valence-corrected chi connectivity index (χ4v) is 4.44. The van der Waals surface area contributed by atoms with E-state index in [1.807, 2.05) is 24.1 Å². The molecule has 6 heteroatoms. The van der Waals surface area contributed by atoms with Gasteiger partial charge in [-0.25, -0.2) is 0 Å². The third-order valence-corrected chi connectivity index (χ3v) is 5.79. The molecule has 0 aliphatic carbocycles. The first-order valence-electron chi connectivity index (χ1n) is 10.2. The molecule has 150 valence electrons. The van der Waals surface area contributed by atoms with E-state index >= 15 is 0 Å². The van der Waals surface area contributed by atoms with Gasteiger partial charge in [0.2, 0.25) is 6.79 Å². The Kier molecular flexibility index (Phi) is 5.04. The smallest absolute Gasteiger partial charge is 0.272 e. The zero-order valence-electron chi connectivity index (χ0n) is 17.0. The van der Waals surface area contributed by atoms with Gasteiger partial charge in [-0.1, -0.05) is 26.3 Å². The summed E-state index contributed by atoms with van der Waals surface area (Å²) in [5.41, 5.74) is 2.96. The number of hydrogen-bond acceptors (Lipinski definition) is 4. The van der Waals surface area contributed by atoms with Crippen molar-refractivity contribution in [1.29, 1.82) is 0 Å². The van der Waals surface area contributed by atoms with Crippen molar-refractivity contribution in [3.05, 3.63) is 41.2 Å². The molecule has 0 bridgehead atoms. The minimum atomic E-state index is 0.0481. The second-order valence-corrected chi connectivity index (χ2v) is 8.40. The largest absolute Gasteiger partial charge is 0.454 e. The van der Waals surface area contributed by atoms with Crippen LogP contribution in [0.3, 0.4) is 0 Å². The molecule has 2 aliphatic rings. The van der Waals surface area contributed by atoms with Crippen LogP contribution in [0.5, 0.6) is 11.5 Å². The van der Waals surface area contributed by atoms with E-state index in [4.69, 9.17) is 9.47 Å². The topological polar surface area (TPSA) is 56.6 Å². The molecule has 0 spiro atoms. The molecule has 4 rings (SSSR count). The van der Waals surface area contributed by atoms with Gasteiger partial charge in [0, 0.05) is 20.1 Å². The first-order valence-corrected chi connectivity index (χ1v) is 10.2. The number of ether oxygens (including phenoxy) is 2. The van der Waals surface area contributed by atoms with Crippen molar-refractivity contribution in [3.8, 4) is 11.5 Å². The fourth-order valence-electron chi connectivity index (χ4n) is 4.44. The Morgan fingerprint density at radius 3 is 2.89 bits per heavy atom. The number of aromatic nitrogens is 2. The van der Waals surface area contributed by atoms with Crippen LogP contribution in [0.2, 0.25) is 0 Å². The highest BCUT2D eigenvalue weighted by molar-refractivity contribution is 5.92. The average Bonchev–Trinajstić information content (AvgIpc) is 3.27. The lowest BCUT2D eigenvalue weighted by atomic mass is 9.77. The van der Waals surface area contributed by atoms with Crippen molar-refractivity contribution in [2.45, 2.75) is 46.0 Å². The van der Waals surface area contributed by atoms with E-state index in [1.165, 1.54) is 5.56 Å². The summed E-state index contributed by atoms with van der Waals surface area (Å²) >= 11 is 0. The van der Waals surface area contributed by atoms with Gasteiger partial charge in [-0.05, 0) is 54.9 Å². The molecule has 1 fully saturated rings. The summed E-state index contributed by atoms with van der Waals surface area (Å²) < 4.78 is 12.7. The highest BCUT2D eigenvalue weighted by atomic mass is 16.7. The highest BCUT2D eigenvalue weighted by Crippen LogP contribution is 2.37. The van der Waals surface area contributed by atoms with Crippen LogP contribution >= 0.6 is 0 Å². The van der Waals surface area contributed by atoms with Crippen molar-refractivity contribution in [1.82, 2.24) is 14.7 Å². The molecule has 0 radical (unpaired) electrons. The van der Waals surface area contributed by atoms with Gasteiger partial charge in [0.15, 0.2) is 11.5 Å². The van der Waals surface area contributed by atoms with Crippen LogP contribution in [0.1, 0.15) is 54.9 Å². The van der Waals surface area contributed by atoms with Gasteiger partial charge in [-0.15, -0.1) is 0 Å². The number of likely N-dealkylation sites (tertiary alicyclic amines) is 1. The Balaban J connectivity index is 1.48. The van der Waals surface area contributed by atoms with Crippen molar-refractivity contribution < 1.29 is 14.3 Å². The highest BCUT2D eigenvalue weighted by Gasteiger charge is 2.34. The molecule has 1 atom stereocenters. The molecule has 0 saturated carbocycles. The van der Waals surface area contributed by atoms with Gasteiger partial charge < -0.3 is 14.4 Å². The summed E-state index contributed by atoms with van der Waals surface area (Å²) in [6.45, 7) is 6.27. The number of nitrogens with zero attached hydrogens (tertiary/aromatic N) is 3. The van der Waals surface area contributed by atoms with Crippen LogP contribution in [0.4, 0.5) is 0 Å². The molecule has 6 nitrogen and oxygen atoms in total. The molecule has 1 aromatic carbocycles. The Morgan fingerprint density at radius 2 is 2.07 bits per heavy atom. The van der Waals surface area contributed by atoms with E-state index in [-0.39, 0.29) is 11.3 Å². The van der Waals surface area contributed by atoms with Gasteiger partial charge in [-0.2, -0.15) is 5.10 Å². The van der Waals surface area contributed by atoms with Crippen LogP contribution < -0.4 is 9.47 Å². The molecular formula is C22H29N3O3. The van der Waals surface area contributed by atoms with E-state index in [2.05, 4.69) is 31.1 Å². The third-order valence-electron chi connectivity index (χ3n) is 5.79. The second kappa shape index (κ2) is 7.49. The number of carbonyl (C=O) groups is 1. The maximum absolute atomic E-state index is 13.2. The van der Waals surface area contributed by atoms with Crippen LogP contribution in [0.15, 0.2) is 24.3 Å². The zero-order chi connectivity index (χ0) is 19.7. The van der Waals surface area contributed by atoms with Gasteiger partial charge in [-0.3, -0.25) is 9.48 Å². The third kappa shape index (κ3) is 3.73. The SMILES string of the molecule is CCCc1cc(C(=O)N2CCC[C@@](C)(Cc3ccc4c(c3)OCO4)C2)n(C)n1. The minimum absolute atomic E-state index is 0.0481. The number of rotatable bonds is 5. The van der Waals surface area contributed by atoms with Gasteiger partial charge in [0.05, 0.1) is 5.69 Å². The maximum atomic E-state index is 13.2. The lowest BCUT2D eigenvalue weighted by molar-refractivity contribution is 0.0540. The monoisotopic (exact) mass is 383 g/mol. The standard InChI is InChI=1S/C22H29N3O3/c1-4-6-17-12-18(24(3)23-17)21(26)25-10-5-9-22(2,14-25)13-16-7-8-19-20(11-16)28-15-27-19/h7-8,11-12H,4-6,9-10,13-15H2,1-3H3/t22-/m0/s1. The van der Waals surface area contributed by atoms with E-state index in [0.29, 0.717) is 12.5 Å². The number of aryl methyl sites for hydroxylation is 2. The predicted octanol–water partition coefficient (Wildman–Crippen LogP) is 3.59. The van der Waals surface area contributed by atoms with Crippen LogP contribution in [-0.2, 0) is 19.9 Å². The van der Waals surface area contributed by atoms with E-state index in [9.17, 15) is 4.79 Å². The molecular weight excluding hydrogens is 354 g/mol. The molecule has 1 amide bonds. The quantitative estimate of drug-likeness (QED) is 0.792. The van der Waals surface area contributed by atoms with Crippen LogP contribution in [0.25, 0.3) is 0 Å². The Labute approximate surface area is 166 Å². The summed E-state index contributed by atoms with van der Waals surface area (Å²) in [7, 11) is 1.86. The summed E-state index contributed by atoms with van der Waals surface area (Å²) in [5, 5.41) is 4.50. The molecule has 3 heterocycles. The molecule has 0 unspecified atom stereocenters. The maximum Gasteiger partial charge on any atom is 0.272 e. The van der Waals surface area contributed by atoms with Crippen molar-refractivity contribution in [3.63, 3.8) is 0 Å². The van der Waals surface area contributed by atoms with E-state index < -0.39 is 0 Å². The minimum Gasteiger partial charge on any atom is -0.454 e. The van der Waals surface area contributed by atoms with Crippen LogP contribution in [0, 0.1) is 5.41 Å². The summed E-state index contributed by atoms with van der Waals surface area (Å²) in [4.78, 5) is 15.2. The van der Waals surface area contributed by atoms with E-state index in [1.54, 1.807) is 4.68 Å². The molecule has 1 aromatic heterocycles. The number of amides is 1. The average molecular weight is 383 g/mol. The number of benzene rings is 1. The molecule has 28 heavy (non-hydrogen) atoms. The second-order valence-electron chi connectivity index (χ2n) is 8.40. The first-order chi connectivity index (χ1) is 13.5. The van der Waals surface area contributed by atoms with Crippen molar-refractivity contribution >= 4 is 5.91 Å². The first kappa shape index (κ1) is 18.8. The number of piperidine rings is 1. The Bertz CT molecular complexity index is 876. The van der Waals surface area contributed by atoms with E-state index in [0.717, 1.165) is 62.4 Å². The lowest BCUT2D eigenvalue weighted by Gasteiger charge is -2.40. The molecule has 1 saturated heterocycles. The van der Waals surface area contributed by atoms with Gasteiger partial charge >= 0.3 is 0 Å². The Hall–Kier alpha value is -2.50. The lowest BCUT2D eigenvalue weighted by Crippen LogP contribution is -2.46. The summed E-state index contributed by atoms with van der Waals surface area (Å²) in [5.74, 6) is 1.73. The summed E-state index contributed by atoms with van der Waals surface area (Å²) in [6.07, 6.45) is 4.98. The van der Waals surface area contributed by atoms with Gasteiger partial charge in [0.25, 0.3) is 5.91 Å². The number of carbonyl (C=O) groups excluding carboxylic acids is 1. The zero-order valence-corrected chi connectivity index (χ0v) is 17.0. The predicted molar refractivity (Wildman–Crippen MR) is 107 cm³/mol. The number of fused-ring (bicyclic) bond motifs is 1. The summed E-state index contributed by atoms with van der Waals surface area (Å²) in [6, 6.07) is 8.12. The van der Waals surface area contributed by atoms with Crippen molar-refractivity contribution in [2.24, 2.45) is 12.5 Å². The van der Waals surface area contributed by atoms with Crippen LogP contribution in [-0.4, -0.2) is 40.5 Å². The number of hydrogen-bond donors (Lipinski definition) is 0. The molecule has 0 N–H and O–H groups in total. The molecule has 2 aromatic rings. The molecule has 2 aliphatic heterocycles. The Morgan fingerprint density at radius 1 is 1.25 bits per heavy atom. The fraction of sp³-hybridized carbons (Fsp3) is 0.545. The normalized spacial score (nSPS) is 21.2.